The molecule has 21 heavy (non-hydrogen) atoms. The minimum absolute atomic E-state index is 0.329. The van der Waals surface area contributed by atoms with E-state index in [0.29, 0.717) is 6.04 Å². The maximum Gasteiger partial charge on any atom is 0.0423 e. The minimum atomic E-state index is 0.329. The van der Waals surface area contributed by atoms with Gasteiger partial charge in [0.15, 0.2) is 0 Å². The number of nitrogens with one attached hydrogen (secondary N) is 1. The molecule has 1 atom stereocenters. The van der Waals surface area contributed by atoms with E-state index in [9.17, 15) is 0 Å². The molecule has 0 aliphatic rings. The van der Waals surface area contributed by atoms with Crippen molar-refractivity contribution in [3.05, 3.63) is 64.5 Å². The maximum absolute atomic E-state index is 4.61. The Morgan fingerprint density at radius 1 is 0.952 bits per heavy atom. The number of rotatable bonds is 6. The third kappa shape index (κ3) is 4.15. The summed E-state index contributed by atoms with van der Waals surface area (Å²) in [6.07, 6.45) is 2.10. The average molecular weight is 282 g/mol. The Morgan fingerprint density at radius 2 is 1.62 bits per heavy atom. The molecule has 0 radical (unpaired) electrons. The van der Waals surface area contributed by atoms with Crippen molar-refractivity contribution in [3.63, 3.8) is 0 Å². The summed E-state index contributed by atoms with van der Waals surface area (Å²) in [5.74, 6) is 0. The molecule has 1 heterocycles. The molecule has 2 nitrogen and oxygen atoms in total. The lowest BCUT2D eigenvalue weighted by Gasteiger charge is -2.20. The Hall–Kier alpha value is -1.67. The minimum Gasteiger partial charge on any atom is -0.310 e. The molecule has 0 saturated heterocycles. The van der Waals surface area contributed by atoms with Crippen LogP contribution >= 0.6 is 0 Å². The molecule has 112 valence electrons. The van der Waals surface area contributed by atoms with Crippen molar-refractivity contribution in [2.45, 2.75) is 46.6 Å². The van der Waals surface area contributed by atoms with Crippen molar-refractivity contribution >= 4 is 0 Å². The highest BCUT2D eigenvalue weighted by Crippen LogP contribution is 2.21. The summed E-state index contributed by atoms with van der Waals surface area (Å²) in [6, 6.07) is 13.6. The summed E-state index contributed by atoms with van der Waals surface area (Å²) in [6.45, 7) is 9.46. The van der Waals surface area contributed by atoms with Crippen molar-refractivity contribution in [2.24, 2.45) is 0 Å². The standard InChI is InChI=1S/C19H26N2/c1-5-16-8-10-17(11-9-16)13-19(20-6-2)18-12-7-14(3)21-15(18)4/h7-12,19-20H,5-6,13H2,1-4H3. The van der Waals surface area contributed by atoms with Gasteiger partial charge < -0.3 is 5.32 Å². The van der Waals surface area contributed by atoms with Crippen molar-refractivity contribution in [3.8, 4) is 0 Å². The molecule has 0 aliphatic carbocycles. The van der Waals surface area contributed by atoms with E-state index in [2.05, 4.69) is 67.5 Å². The zero-order valence-electron chi connectivity index (χ0n) is 13.6. The summed E-state index contributed by atoms with van der Waals surface area (Å²) in [4.78, 5) is 4.61. The van der Waals surface area contributed by atoms with Crippen LogP contribution in [0.2, 0.25) is 0 Å². The number of nitrogens with zero attached hydrogens (tertiary/aromatic N) is 1. The van der Waals surface area contributed by atoms with Crippen LogP contribution < -0.4 is 5.32 Å². The normalized spacial score (nSPS) is 12.4. The van der Waals surface area contributed by atoms with Gasteiger partial charge in [-0.1, -0.05) is 44.2 Å². The zero-order valence-corrected chi connectivity index (χ0v) is 13.6. The zero-order chi connectivity index (χ0) is 15.2. The first kappa shape index (κ1) is 15.7. The van der Waals surface area contributed by atoms with Crippen LogP contribution in [0.5, 0.6) is 0 Å². The van der Waals surface area contributed by atoms with Gasteiger partial charge in [-0.3, -0.25) is 4.98 Å². The van der Waals surface area contributed by atoms with Crippen LogP contribution in [0.1, 0.15) is 48.0 Å². The number of pyridine rings is 1. The first-order chi connectivity index (χ1) is 10.1. The number of benzene rings is 1. The van der Waals surface area contributed by atoms with Gasteiger partial charge in [0.2, 0.25) is 0 Å². The Morgan fingerprint density at radius 3 is 2.19 bits per heavy atom. The van der Waals surface area contributed by atoms with Gasteiger partial charge in [0.05, 0.1) is 0 Å². The molecular weight excluding hydrogens is 256 g/mol. The molecule has 2 aromatic rings. The second-order valence-electron chi connectivity index (χ2n) is 5.61. The summed E-state index contributed by atoms with van der Waals surface area (Å²) in [5, 5.41) is 3.60. The third-order valence-corrected chi connectivity index (χ3v) is 3.96. The summed E-state index contributed by atoms with van der Waals surface area (Å²) in [7, 11) is 0. The van der Waals surface area contributed by atoms with E-state index in [4.69, 9.17) is 0 Å². The lowest BCUT2D eigenvalue weighted by Crippen LogP contribution is -2.24. The molecule has 1 N–H and O–H groups in total. The number of hydrogen-bond acceptors (Lipinski definition) is 2. The molecule has 0 bridgehead atoms. The smallest absolute Gasteiger partial charge is 0.0423 e. The van der Waals surface area contributed by atoms with Gasteiger partial charge in [-0.2, -0.15) is 0 Å². The average Bonchev–Trinajstić information content (AvgIpc) is 2.48. The van der Waals surface area contributed by atoms with Gasteiger partial charge in [0, 0.05) is 17.4 Å². The van der Waals surface area contributed by atoms with Crippen LogP contribution in [0.3, 0.4) is 0 Å². The number of aryl methyl sites for hydroxylation is 3. The van der Waals surface area contributed by atoms with Gasteiger partial charge in [-0.05, 0) is 56.0 Å². The van der Waals surface area contributed by atoms with E-state index >= 15 is 0 Å². The predicted octanol–water partition coefficient (Wildman–Crippen LogP) is 4.15. The lowest BCUT2D eigenvalue weighted by molar-refractivity contribution is 0.545. The Bertz CT molecular complexity index is 573. The van der Waals surface area contributed by atoms with Crippen molar-refractivity contribution in [2.75, 3.05) is 6.54 Å². The maximum atomic E-state index is 4.61. The van der Waals surface area contributed by atoms with E-state index in [-0.39, 0.29) is 0 Å². The molecule has 0 saturated carbocycles. The van der Waals surface area contributed by atoms with Crippen LogP contribution in [0, 0.1) is 13.8 Å². The first-order valence-electron chi connectivity index (χ1n) is 7.89. The molecule has 1 aromatic carbocycles. The van der Waals surface area contributed by atoms with Crippen LogP contribution in [-0.4, -0.2) is 11.5 Å². The topological polar surface area (TPSA) is 24.9 Å². The van der Waals surface area contributed by atoms with Gasteiger partial charge in [-0.15, -0.1) is 0 Å². The van der Waals surface area contributed by atoms with Crippen LogP contribution in [0.25, 0.3) is 0 Å². The summed E-state index contributed by atoms with van der Waals surface area (Å²) in [5.41, 5.74) is 6.29. The monoisotopic (exact) mass is 282 g/mol. The van der Waals surface area contributed by atoms with Crippen LogP contribution in [0.15, 0.2) is 36.4 Å². The number of hydrogen-bond donors (Lipinski definition) is 1. The number of aromatic nitrogens is 1. The highest BCUT2D eigenvalue weighted by atomic mass is 14.9. The molecular formula is C19H26N2. The van der Waals surface area contributed by atoms with Gasteiger partial charge in [-0.25, -0.2) is 0 Å². The SMILES string of the molecule is CCNC(Cc1ccc(CC)cc1)c1ccc(C)nc1C. The van der Waals surface area contributed by atoms with E-state index in [1.807, 2.05) is 6.92 Å². The van der Waals surface area contributed by atoms with Crippen molar-refractivity contribution < 1.29 is 0 Å². The lowest BCUT2D eigenvalue weighted by atomic mass is 9.96. The molecule has 2 rings (SSSR count). The number of likely N-dealkylation sites (N-methyl/N-ethyl adjacent to an activating group) is 1. The summed E-state index contributed by atoms with van der Waals surface area (Å²) < 4.78 is 0. The van der Waals surface area contributed by atoms with E-state index in [1.165, 1.54) is 16.7 Å². The molecule has 1 aromatic heterocycles. The highest BCUT2D eigenvalue weighted by Gasteiger charge is 2.14. The van der Waals surface area contributed by atoms with Crippen LogP contribution in [-0.2, 0) is 12.8 Å². The first-order valence-corrected chi connectivity index (χ1v) is 7.89. The van der Waals surface area contributed by atoms with Crippen molar-refractivity contribution in [1.29, 1.82) is 0 Å². The predicted molar refractivity (Wildman–Crippen MR) is 89.7 cm³/mol. The second-order valence-corrected chi connectivity index (χ2v) is 5.61. The molecule has 0 amide bonds. The quantitative estimate of drug-likeness (QED) is 0.860. The molecule has 0 fully saturated rings. The van der Waals surface area contributed by atoms with E-state index in [0.717, 1.165) is 30.8 Å². The second kappa shape index (κ2) is 7.37. The summed E-state index contributed by atoms with van der Waals surface area (Å²) >= 11 is 0. The van der Waals surface area contributed by atoms with E-state index in [1.54, 1.807) is 0 Å². The highest BCUT2D eigenvalue weighted by molar-refractivity contribution is 5.29. The Labute approximate surface area is 128 Å². The fraction of sp³-hybridized carbons (Fsp3) is 0.421. The Kier molecular flexibility index (Phi) is 5.51. The molecule has 1 unspecified atom stereocenters. The van der Waals surface area contributed by atoms with Gasteiger partial charge >= 0.3 is 0 Å². The largest absolute Gasteiger partial charge is 0.310 e. The fourth-order valence-electron chi connectivity index (χ4n) is 2.75. The molecule has 0 aliphatic heterocycles. The van der Waals surface area contributed by atoms with Gasteiger partial charge in [0.1, 0.15) is 0 Å². The molecule has 2 heteroatoms. The van der Waals surface area contributed by atoms with Gasteiger partial charge in [0.25, 0.3) is 0 Å². The Balaban J connectivity index is 2.21. The van der Waals surface area contributed by atoms with E-state index < -0.39 is 0 Å². The molecule has 0 spiro atoms. The fourth-order valence-corrected chi connectivity index (χ4v) is 2.75. The van der Waals surface area contributed by atoms with Crippen molar-refractivity contribution in [1.82, 2.24) is 10.3 Å². The third-order valence-electron chi connectivity index (χ3n) is 3.96. The van der Waals surface area contributed by atoms with Crippen LogP contribution in [0.4, 0.5) is 0 Å².